The van der Waals surface area contributed by atoms with Gasteiger partial charge >= 0.3 is 0 Å². The number of benzene rings is 1. The van der Waals surface area contributed by atoms with Crippen LogP contribution in [-0.4, -0.2) is 4.98 Å². The van der Waals surface area contributed by atoms with Crippen LogP contribution in [0.15, 0.2) is 76.1 Å². The maximum atomic E-state index is 6.64. The lowest BCUT2D eigenvalue weighted by molar-refractivity contribution is 0.507. The first kappa shape index (κ1) is 15.9. The molecular weight excluding hydrogens is 330 g/mol. The number of allylic oxidation sites excluding steroid dienone is 2. The molecular formula is C20H19N3OS. The lowest BCUT2D eigenvalue weighted by Crippen LogP contribution is -2.40. The van der Waals surface area contributed by atoms with E-state index in [1.807, 2.05) is 25.1 Å². The van der Waals surface area contributed by atoms with E-state index in [1.54, 1.807) is 23.9 Å². The van der Waals surface area contributed by atoms with Crippen LogP contribution in [-0.2, 0) is 5.54 Å². The van der Waals surface area contributed by atoms with Gasteiger partial charge in [0.2, 0.25) is 0 Å². The molecule has 0 aliphatic heterocycles. The van der Waals surface area contributed by atoms with Crippen molar-refractivity contribution in [3.05, 3.63) is 76.7 Å². The predicted octanol–water partition coefficient (Wildman–Crippen LogP) is 4.42. The molecule has 2 aromatic heterocycles. The summed E-state index contributed by atoms with van der Waals surface area (Å²) in [7, 11) is 0. The van der Waals surface area contributed by atoms with Crippen LogP contribution < -0.4 is 11.5 Å². The van der Waals surface area contributed by atoms with Crippen molar-refractivity contribution < 1.29 is 4.42 Å². The summed E-state index contributed by atoms with van der Waals surface area (Å²) in [5.41, 5.74) is 18.1. The Hall–Kier alpha value is -2.63. The number of rotatable bonds is 3. The third-order valence-corrected chi connectivity index (χ3v) is 5.67. The molecule has 1 unspecified atom stereocenters. The van der Waals surface area contributed by atoms with Gasteiger partial charge < -0.3 is 15.9 Å². The number of hydrogen-bond acceptors (Lipinski definition) is 5. The minimum absolute atomic E-state index is 0.599. The largest absolute Gasteiger partial charge is 0.472 e. The number of furan rings is 1. The van der Waals surface area contributed by atoms with E-state index in [1.165, 1.54) is 0 Å². The van der Waals surface area contributed by atoms with Crippen molar-refractivity contribution in [3.8, 4) is 22.4 Å². The molecule has 0 fully saturated rings. The lowest BCUT2D eigenvalue weighted by Gasteiger charge is -2.31. The number of hydrogen-bond donors (Lipinski definition) is 2. The van der Waals surface area contributed by atoms with Crippen LogP contribution in [0.25, 0.3) is 22.4 Å². The molecule has 0 spiro atoms. The van der Waals surface area contributed by atoms with Gasteiger partial charge in [0.25, 0.3) is 0 Å². The molecule has 4 rings (SSSR count). The standard InChI is InChI=1S/C20H19N3OS/c1-13-2-7-17(21)10-20(13,22)19-23-18(12-25-19)15-5-3-14(4-6-15)16-8-9-24-11-16/h2-9,11-12H,10,21-22H2,1H3. The first-order chi connectivity index (χ1) is 12.1. The normalized spacial score (nSPS) is 20.2. The van der Waals surface area contributed by atoms with Gasteiger partial charge in [-0.25, -0.2) is 4.98 Å². The predicted molar refractivity (Wildman–Crippen MR) is 102 cm³/mol. The van der Waals surface area contributed by atoms with E-state index in [9.17, 15) is 0 Å². The average Bonchev–Trinajstić information content (AvgIpc) is 3.30. The van der Waals surface area contributed by atoms with Crippen molar-refractivity contribution in [2.24, 2.45) is 11.5 Å². The Morgan fingerprint density at radius 2 is 1.84 bits per heavy atom. The van der Waals surface area contributed by atoms with E-state index in [0.29, 0.717) is 6.42 Å². The number of nitrogens with zero attached hydrogens (tertiary/aromatic N) is 1. The van der Waals surface area contributed by atoms with Gasteiger partial charge in [0.15, 0.2) is 0 Å². The molecule has 0 radical (unpaired) electrons. The second-order valence-electron chi connectivity index (χ2n) is 6.37. The van der Waals surface area contributed by atoms with Gasteiger partial charge in [0.1, 0.15) is 5.01 Å². The van der Waals surface area contributed by atoms with Crippen LogP contribution in [0.4, 0.5) is 0 Å². The van der Waals surface area contributed by atoms with Gasteiger partial charge in [-0.15, -0.1) is 11.3 Å². The highest BCUT2D eigenvalue weighted by molar-refractivity contribution is 7.10. The van der Waals surface area contributed by atoms with Gasteiger partial charge in [-0.1, -0.05) is 30.3 Å². The van der Waals surface area contributed by atoms with Crippen molar-refractivity contribution in [3.63, 3.8) is 0 Å². The molecule has 0 saturated carbocycles. The Balaban J connectivity index is 1.64. The van der Waals surface area contributed by atoms with Gasteiger partial charge in [0, 0.05) is 28.6 Å². The molecule has 1 atom stereocenters. The molecule has 3 aromatic rings. The Morgan fingerprint density at radius 1 is 1.08 bits per heavy atom. The second-order valence-corrected chi connectivity index (χ2v) is 7.22. The fourth-order valence-electron chi connectivity index (χ4n) is 3.02. The molecule has 1 aliphatic carbocycles. The van der Waals surface area contributed by atoms with Crippen molar-refractivity contribution in [1.29, 1.82) is 0 Å². The molecule has 5 heteroatoms. The summed E-state index contributed by atoms with van der Waals surface area (Å²) in [5.74, 6) is 0. The zero-order valence-corrected chi connectivity index (χ0v) is 14.7. The van der Waals surface area contributed by atoms with Crippen molar-refractivity contribution in [2.75, 3.05) is 0 Å². The average molecular weight is 349 g/mol. The molecule has 4 nitrogen and oxygen atoms in total. The third-order valence-electron chi connectivity index (χ3n) is 4.66. The summed E-state index contributed by atoms with van der Waals surface area (Å²) in [4.78, 5) is 4.80. The smallest absolute Gasteiger partial charge is 0.118 e. The van der Waals surface area contributed by atoms with E-state index in [-0.39, 0.29) is 0 Å². The summed E-state index contributed by atoms with van der Waals surface area (Å²) in [6.07, 6.45) is 7.92. The van der Waals surface area contributed by atoms with Gasteiger partial charge in [-0.3, -0.25) is 0 Å². The van der Waals surface area contributed by atoms with E-state index >= 15 is 0 Å². The fraction of sp³-hybridized carbons (Fsp3) is 0.150. The summed E-state index contributed by atoms with van der Waals surface area (Å²) >= 11 is 1.58. The molecule has 25 heavy (non-hydrogen) atoms. The second kappa shape index (κ2) is 6.02. The number of aromatic nitrogens is 1. The highest BCUT2D eigenvalue weighted by atomic mass is 32.1. The first-order valence-electron chi connectivity index (χ1n) is 8.07. The van der Waals surface area contributed by atoms with E-state index < -0.39 is 5.54 Å². The van der Waals surface area contributed by atoms with E-state index in [0.717, 1.165) is 38.7 Å². The summed E-state index contributed by atoms with van der Waals surface area (Å²) in [6, 6.07) is 10.2. The van der Waals surface area contributed by atoms with Crippen LogP contribution in [0.3, 0.4) is 0 Å². The van der Waals surface area contributed by atoms with Gasteiger partial charge in [0.05, 0.1) is 23.8 Å². The maximum Gasteiger partial charge on any atom is 0.118 e. The summed E-state index contributed by atoms with van der Waals surface area (Å²) < 4.78 is 5.14. The van der Waals surface area contributed by atoms with E-state index in [2.05, 4.69) is 29.6 Å². The fourth-order valence-corrected chi connectivity index (χ4v) is 4.03. The van der Waals surface area contributed by atoms with Gasteiger partial charge in [-0.05, 0) is 30.2 Å². The molecule has 4 N–H and O–H groups in total. The Labute approximate surface area is 150 Å². The van der Waals surface area contributed by atoms with Crippen LogP contribution in [0.1, 0.15) is 18.4 Å². The monoisotopic (exact) mass is 349 g/mol. The maximum absolute atomic E-state index is 6.64. The lowest BCUT2D eigenvalue weighted by atomic mass is 9.84. The van der Waals surface area contributed by atoms with E-state index in [4.69, 9.17) is 20.9 Å². The Bertz CT molecular complexity index is 951. The van der Waals surface area contributed by atoms with Crippen LogP contribution in [0, 0.1) is 0 Å². The van der Waals surface area contributed by atoms with Crippen LogP contribution >= 0.6 is 11.3 Å². The Morgan fingerprint density at radius 3 is 2.56 bits per heavy atom. The zero-order chi connectivity index (χ0) is 17.4. The molecule has 0 amide bonds. The van der Waals surface area contributed by atoms with Crippen LogP contribution in [0.5, 0.6) is 0 Å². The van der Waals surface area contributed by atoms with Crippen molar-refractivity contribution in [1.82, 2.24) is 4.98 Å². The number of nitrogens with two attached hydrogens (primary N) is 2. The molecule has 126 valence electrons. The molecule has 0 bridgehead atoms. The molecule has 2 heterocycles. The minimum atomic E-state index is -0.613. The third kappa shape index (κ3) is 2.81. The number of thiazole rings is 1. The highest BCUT2D eigenvalue weighted by Crippen LogP contribution is 2.38. The van der Waals surface area contributed by atoms with Crippen molar-refractivity contribution in [2.45, 2.75) is 18.9 Å². The SMILES string of the molecule is CC1=CC=C(N)CC1(N)c1nc(-c2ccc(-c3ccoc3)cc2)cs1. The summed E-state index contributed by atoms with van der Waals surface area (Å²) in [6.45, 7) is 2.03. The topological polar surface area (TPSA) is 78.1 Å². The zero-order valence-electron chi connectivity index (χ0n) is 13.9. The van der Waals surface area contributed by atoms with Crippen molar-refractivity contribution >= 4 is 11.3 Å². The Kier molecular flexibility index (Phi) is 3.82. The molecule has 1 aromatic carbocycles. The van der Waals surface area contributed by atoms with Gasteiger partial charge in [-0.2, -0.15) is 0 Å². The molecule has 1 aliphatic rings. The quantitative estimate of drug-likeness (QED) is 0.734. The minimum Gasteiger partial charge on any atom is -0.472 e. The highest BCUT2D eigenvalue weighted by Gasteiger charge is 2.34. The summed E-state index contributed by atoms with van der Waals surface area (Å²) in [5, 5.41) is 2.95. The molecule has 0 saturated heterocycles. The first-order valence-corrected chi connectivity index (χ1v) is 8.95. The van der Waals surface area contributed by atoms with Crippen LogP contribution in [0.2, 0.25) is 0 Å².